The lowest BCUT2D eigenvalue weighted by atomic mass is 9.79. The Balaban J connectivity index is 1.51. The van der Waals surface area contributed by atoms with E-state index in [-0.39, 0.29) is 23.5 Å². The minimum absolute atomic E-state index is 0.119. The maximum atomic E-state index is 9.91. The van der Waals surface area contributed by atoms with Crippen molar-refractivity contribution in [1.82, 2.24) is 9.88 Å². The Morgan fingerprint density at radius 2 is 2.15 bits per heavy atom. The molecule has 1 aliphatic carbocycles. The number of nitrogens with zero attached hydrogens (tertiary/aromatic N) is 2. The van der Waals surface area contributed by atoms with Gasteiger partial charge in [0.15, 0.2) is 0 Å². The molecule has 1 aliphatic heterocycles. The van der Waals surface area contributed by atoms with Crippen LogP contribution < -0.4 is 4.74 Å². The first-order valence-electron chi connectivity index (χ1n) is 9.44. The van der Waals surface area contributed by atoms with Crippen molar-refractivity contribution >= 4 is 11.6 Å². The summed E-state index contributed by atoms with van der Waals surface area (Å²) < 4.78 is 12.2. The Hall–Kier alpha value is -1.82. The van der Waals surface area contributed by atoms with Crippen LogP contribution in [0.4, 0.5) is 0 Å². The maximum absolute atomic E-state index is 9.91. The number of aromatic nitrogens is 1. The number of benzene rings is 1. The monoisotopic (exact) mass is 388 g/mol. The minimum atomic E-state index is -0.132. The molecule has 1 N–H and O–H groups in total. The average molecular weight is 389 g/mol. The summed E-state index contributed by atoms with van der Waals surface area (Å²) in [7, 11) is 1.82. The van der Waals surface area contributed by atoms with E-state index in [1.165, 1.54) is 0 Å². The molecule has 144 valence electrons. The van der Waals surface area contributed by atoms with E-state index in [1.807, 2.05) is 37.4 Å². The molecule has 1 saturated heterocycles. The van der Waals surface area contributed by atoms with Crippen LogP contribution in [0, 0.1) is 0 Å². The van der Waals surface area contributed by atoms with E-state index < -0.39 is 0 Å². The lowest BCUT2D eigenvalue weighted by molar-refractivity contribution is -0.0843. The van der Waals surface area contributed by atoms with E-state index >= 15 is 0 Å². The zero-order chi connectivity index (χ0) is 18.9. The van der Waals surface area contributed by atoms with Gasteiger partial charge in [0.25, 0.3) is 0 Å². The van der Waals surface area contributed by atoms with Crippen LogP contribution >= 0.6 is 11.6 Å². The molecule has 0 bridgehead atoms. The van der Waals surface area contributed by atoms with Gasteiger partial charge in [-0.25, -0.2) is 4.98 Å². The first kappa shape index (κ1) is 18.5. The van der Waals surface area contributed by atoms with Crippen LogP contribution in [0.3, 0.4) is 0 Å². The van der Waals surface area contributed by atoms with Gasteiger partial charge in [-0.1, -0.05) is 29.8 Å². The second-order valence-corrected chi connectivity index (χ2v) is 7.82. The number of ether oxygens (including phenoxy) is 2. The van der Waals surface area contributed by atoms with Crippen LogP contribution in [-0.2, 0) is 11.3 Å². The van der Waals surface area contributed by atoms with Crippen LogP contribution in [0.15, 0.2) is 42.6 Å². The van der Waals surface area contributed by atoms with E-state index in [0.29, 0.717) is 17.4 Å². The van der Waals surface area contributed by atoms with Gasteiger partial charge in [-0.3, -0.25) is 4.90 Å². The molecule has 0 spiro atoms. The Morgan fingerprint density at radius 3 is 2.93 bits per heavy atom. The van der Waals surface area contributed by atoms with Crippen LogP contribution in [0.5, 0.6) is 11.6 Å². The molecule has 0 radical (unpaired) electrons. The summed E-state index contributed by atoms with van der Waals surface area (Å²) in [6.07, 6.45) is 5.69. The van der Waals surface area contributed by atoms with Crippen molar-refractivity contribution in [1.29, 1.82) is 0 Å². The molecule has 2 aliphatic rings. The van der Waals surface area contributed by atoms with Crippen molar-refractivity contribution in [2.45, 2.75) is 50.0 Å². The highest BCUT2D eigenvalue weighted by molar-refractivity contribution is 6.32. The predicted molar refractivity (Wildman–Crippen MR) is 104 cm³/mol. The van der Waals surface area contributed by atoms with Gasteiger partial charge in [0.05, 0.1) is 10.6 Å². The van der Waals surface area contributed by atoms with E-state index in [2.05, 4.69) is 9.88 Å². The third kappa shape index (κ3) is 3.64. The van der Waals surface area contributed by atoms with E-state index in [4.69, 9.17) is 21.1 Å². The Bertz CT molecular complexity index is 788. The van der Waals surface area contributed by atoms with Crippen molar-refractivity contribution in [3.63, 3.8) is 0 Å². The number of hydrogen-bond donors (Lipinski definition) is 1. The molecule has 1 saturated carbocycles. The molecular weight excluding hydrogens is 364 g/mol. The number of pyridine rings is 1. The first-order chi connectivity index (χ1) is 13.1. The third-order valence-corrected chi connectivity index (χ3v) is 6.45. The van der Waals surface area contributed by atoms with Crippen molar-refractivity contribution in [2.75, 3.05) is 13.7 Å². The van der Waals surface area contributed by atoms with Crippen molar-refractivity contribution in [2.24, 2.45) is 0 Å². The minimum Gasteiger partial charge on any atom is -0.506 e. The van der Waals surface area contributed by atoms with Crippen molar-refractivity contribution in [3.05, 3.63) is 53.2 Å². The molecule has 3 atom stereocenters. The molecule has 2 heterocycles. The molecule has 2 fully saturated rings. The molecule has 1 aromatic heterocycles. The molecule has 5 nitrogen and oxygen atoms in total. The highest BCUT2D eigenvalue weighted by atomic mass is 35.5. The van der Waals surface area contributed by atoms with Gasteiger partial charge in [0.2, 0.25) is 5.88 Å². The number of phenols is 1. The Kier molecular flexibility index (Phi) is 5.26. The fraction of sp³-hybridized carbons (Fsp3) is 0.476. The predicted octanol–water partition coefficient (Wildman–Crippen LogP) is 4.03. The number of rotatable bonds is 5. The molecule has 27 heavy (non-hydrogen) atoms. The molecular formula is C21H25ClN2O3. The average Bonchev–Trinajstić information content (AvgIpc) is 3.05. The molecule has 1 aromatic carbocycles. The summed E-state index contributed by atoms with van der Waals surface area (Å²) in [4.78, 5) is 6.71. The maximum Gasteiger partial charge on any atom is 0.213 e. The summed E-state index contributed by atoms with van der Waals surface area (Å²) in [5.74, 6) is 0.805. The van der Waals surface area contributed by atoms with E-state index in [1.54, 1.807) is 12.3 Å². The molecule has 6 heteroatoms. The number of likely N-dealkylation sites (tertiary alicyclic amines) is 1. The quantitative estimate of drug-likeness (QED) is 0.838. The fourth-order valence-electron chi connectivity index (χ4n) is 4.55. The van der Waals surface area contributed by atoms with Crippen LogP contribution in [0.25, 0.3) is 0 Å². The highest BCUT2D eigenvalue weighted by Gasteiger charge is 2.51. The number of methoxy groups -OCH3 is 1. The molecule has 0 unspecified atom stereocenters. The number of phenolic OH excluding ortho intramolecular Hbond substituents is 1. The highest BCUT2D eigenvalue weighted by Crippen LogP contribution is 2.44. The first-order valence-corrected chi connectivity index (χ1v) is 9.82. The smallest absolute Gasteiger partial charge is 0.213 e. The summed E-state index contributed by atoms with van der Waals surface area (Å²) in [6, 6.07) is 11.4. The van der Waals surface area contributed by atoms with Gasteiger partial charge >= 0.3 is 0 Å². The van der Waals surface area contributed by atoms with Crippen molar-refractivity contribution < 1.29 is 14.6 Å². The van der Waals surface area contributed by atoms with Gasteiger partial charge < -0.3 is 14.6 Å². The molecule has 2 aromatic rings. The number of halogens is 1. The lowest BCUT2D eigenvalue weighted by Gasteiger charge is -2.43. The fourth-order valence-corrected chi connectivity index (χ4v) is 4.73. The van der Waals surface area contributed by atoms with E-state index in [0.717, 1.165) is 37.8 Å². The lowest BCUT2D eigenvalue weighted by Crippen LogP contribution is -2.52. The Labute approximate surface area is 164 Å². The number of hydrogen-bond acceptors (Lipinski definition) is 5. The normalized spacial score (nSPS) is 28.1. The summed E-state index contributed by atoms with van der Waals surface area (Å²) in [5.41, 5.74) is 0.809. The van der Waals surface area contributed by atoms with E-state index in [9.17, 15) is 5.11 Å². The standard InChI is InChI=1S/C21H25ClN2O3/c1-26-21-9-8-16(27-19-7-2-3-11-23-19)13-18(21)24(12-10-21)14-15-5-4-6-17(25)20(15)22/h2-7,11,16,18,25H,8-10,12-14H2,1H3/t16-,18-,21+/m0/s1. The van der Waals surface area contributed by atoms with Gasteiger partial charge in [0.1, 0.15) is 11.9 Å². The van der Waals surface area contributed by atoms with Gasteiger partial charge in [-0.05, 0) is 37.0 Å². The second-order valence-electron chi connectivity index (χ2n) is 7.44. The summed E-state index contributed by atoms with van der Waals surface area (Å²) in [5, 5.41) is 10.3. The molecule has 0 amide bonds. The van der Waals surface area contributed by atoms with Crippen LogP contribution in [-0.4, -0.2) is 46.4 Å². The Morgan fingerprint density at radius 1 is 1.26 bits per heavy atom. The zero-order valence-electron chi connectivity index (χ0n) is 15.5. The SMILES string of the molecule is CO[C@@]12CC[C@H](Oc3ccccn3)C[C@@H]1N(Cc1cccc(O)c1Cl)CC2. The van der Waals surface area contributed by atoms with Gasteiger partial charge in [-0.2, -0.15) is 0 Å². The third-order valence-electron chi connectivity index (χ3n) is 6.01. The zero-order valence-corrected chi connectivity index (χ0v) is 16.2. The summed E-state index contributed by atoms with van der Waals surface area (Å²) in [6.45, 7) is 1.64. The van der Waals surface area contributed by atoms with Crippen LogP contribution in [0.2, 0.25) is 5.02 Å². The summed E-state index contributed by atoms with van der Waals surface area (Å²) >= 11 is 6.31. The van der Waals surface area contributed by atoms with Gasteiger partial charge in [0, 0.05) is 44.9 Å². The second kappa shape index (κ2) is 7.66. The molecule has 4 rings (SSSR count). The number of aromatic hydroxyl groups is 1. The van der Waals surface area contributed by atoms with Crippen molar-refractivity contribution in [3.8, 4) is 11.6 Å². The largest absolute Gasteiger partial charge is 0.506 e. The van der Waals surface area contributed by atoms with Gasteiger partial charge in [-0.15, -0.1) is 0 Å². The number of fused-ring (bicyclic) bond motifs is 1. The topological polar surface area (TPSA) is 54.8 Å². The van der Waals surface area contributed by atoms with Crippen LogP contribution in [0.1, 0.15) is 31.2 Å².